The van der Waals surface area contributed by atoms with Crippen molar-refractivity contribution in [2.24, 2.45) is 0 Å². The van der Waals surface area contributed by atoms with Crippen molar-refractivity contribution < 1.29 is 36.6 Å². The van der Waals surface area contributed by atoms with Crippen LogP contribution in [0.2, 0.25) is 72.5 Å². The first kappa shape index (κ1) is 67.6. The summed E-state index contributed by atoms with van der Waals surface area (Å²) < 4.78 is 68.7. The van der Waals surface area contributed by atoms with Gasteiger partial charge in [-0.25, -0.2) is 0 Å². The molecule has 6 fully saturated rings. The van der Waals surface area contributed by atoms with Gasteiger partial charge >= 0.3 is 0 Å². The Morgan fingerprint density at radius 1 is 0.270 bits per heavy atom. The van der Waals surface area contributed by atoms with Crippen molar-refractivity contribution >= 4 is 95.7 Å². The van der Waals surface area contributed by atoms with Crippen LogP contribution >= 0.6 is 0 Å². The monoisotopic (exact) mass is 1030 g/mol. The van der Waals surface area contributed by atoms with Crippen molar-refractivity contribution in [3.8, 4) is 0 Å². The van der Waals surface area contributed by atoms with Gasteiger partial charge in [-0.05, 0) is 77.0 Å². The van der Waals surface area contributed by atoms with E-state index in [2.05, 4.69) is 122 Å². The van der Waals surface area contributed by atoms with Crippen LogP contribution in [0.4, 0.5) is 8.22 Å². The van der Waals surface area contributed by atoms with Gasteiger partial charge in [0, 0.05) is 131 Å². The fourth-order valence-corrected chi connectivity index (χ4v) is 211. The molecule has 6 heterocycles. The maximum absolute atomic E-state index is 19.5. The Morgan fingerprint density at radius 2 is 0.381 bits per heavy atom. The third kappa shape index (κ3) is 19.6. The summed E-state index contributed by atoms with van der Waals surface area (Å²) in [6.07, 6.45) is 15.3. The van der Waals surface area contributed by atoms with E-state index in [4.69, 9.17) is 28.4 Å². The quantitative estimate of drug-likeness (QED) is 0.152. The Morgan fingerprint density at radius 3 is 0.429 bits per heavy atom. The molecule has 0 saturated carbocycles. The Hall–Kier alpha value is 2.56. The molecule has 6 saturated heterocycles. The van der Waals surface area contributed by atoms with E-state index in [-0.39, 0.29) is 51.4 Å². The molecule has 2 atom stereocenters. The van der Waals surface area contributed by atoms with E-state index in [1.165, 1.54) is 77.0 Å². The molecule has 0 bridgehead atoms. The van der Waals surface area contributed by atoms with E-state index in [0.717, 1.165) is 79.3 Å². The molecular weight excluding hydrogens is 918 g/mol. The van der Waals surface area contributed by atoms with Crippen LogP contribution in [-0.4, -0.2) is 175 Å². The van der Waals surface area contributed by atoms with Crippen molar-refractivity contribution in [1.82, 2.24) is 0 Å². The minimum atomic E-state index is -3.76. The van der Waals surface area contributed by atoms with E-state index in [9.17, 15) is 0 Å². The van der Waals surface area contributed by atoms with Gasteiger partial charge in [0.1, 0.15) is 0 Å². The molecule has 6 aliphatic rings. The second kappa shape index (κ2) is 34.8. The summed E-state index contributed by atoms with van der Waals surface area (Å²) in [7, 11) is -10.1. The fraction of sp³-hybridized carbons (Fsp3) is 1.00. The zero-order valence-electron chi connectivity index (χ0n) is 45.6. The largest absolute Gasteiger partial charge is 0.381 e. The van der Waals surface area contributed by atoms with Crippen LogP contribution in [0, 0.1) is 0 Å². The molecule has 0 amide bonds. The summed E-state index contributed by atoms with van der Waals surface area (Å²) in [6.45, 7) is 45.5. The molecule has 0 spiro atoms. The van der Waals surface area contributed by atoms with Crippen LogP contribution in [0.3, 0.4) is 0 Å². The number of hydrogen-bond donors (Lipinski definition) is 0. The summed E-state index contributed by atoms with van der Waals surface area (Å²) in [5.41, 5.74) is 1.77. The predicted octanol–water partition coefficient (Wildman–Crippen LogP) is 14.6. The molecule has 0 N–H and O–H groups in total. The van der Waals surface area contributed by atoms with E-state index in [1.54, 1.807) is 0 Å². The third-order valence-corrected chi connectivity index (χ3v) is 130. The molecular formula is C48H108F2KO6Si6. The average molecular weight is 1030 g/mol. The number of rotatable bonds is 11. The fourth-order valence-electron chi connectivity index (χ4n) is 12.4. The Bertz CT molecular complexity index is 870. The minimum Gasteiger partial charge on any atom is -0.381 e. The molecule has 0 aliphatic carbocycles. The summed E-state index contributed by atoms with van der Waals surface area (Å²) >= 11 is 0. The minimum absolute atomic E-state index is 0. The Kier molecular flexibility index (Phi) is 37.4. The summed E-state index contributed by atoms with van der Waals surface area (Å²) in [6, 6.07) is 0. The number of hydrogen-bond acceptors (Lipinski definition) is 6. The normalized spacial score (nSPS) is 21.0. The zero-order chi connectivity index (χ0) is 47.7. The van der Waals surface area contributed by atoms with Gasteiger partial charge in [0.25, 0.3) is 0 Å². The van der Waals surface area contributed by atoms with Crippen LogP contribution in [0.25, 0.3) is 0 Å². The summed E-state index contributed by atoms with van der Waals surface area (Å²) in [5, 5.41) is 0. The third-order valence-electron chi connectivity index (χ3n) is 14.4. The smallest absolute Gasteiger partial charge is 0.240 e. The molecule has 6 nitrogen and oxygen atoms in total. The van der Waals surface area contributed by atoms with Crippen molar-refractivity contribution in [2.75, 3.05) is 79.3 Å². The van der Waals surface area contributed by atoms with Crippen LogP contribution in [0.5, 0.6) is 0 Å². The van der Waals surface area contributed by atoms with Gasteiger partial charge in [-0.2, -0.15) is 0 Å². The predicted molar refractivity (Wildman–Crippen MR) is 289 cm³/mol. The summed E-state index contributed by atoms with van der Waals surface area (Å²) in [5.74, 6) is 0. The second-order valence-electron chi connectivity index (χ2n) is 22.5. The van der Waals surface area contributed by atoms with Gasteiger partial charge in [0.05, 0.1) is 30.4 Å². The Balaban J connectivity index is 0. The molecule has 0 aromatic carbocycles. The standard InChI is InChI=1S/C24H60F2Si6.6C4H8O.K/c1-19(2)29(20(3)4,21(5)6)31(25,27(13,14)15)32(26,28(16,17)18)30(22(7)8,23(9)10)24(11)12;6*1-2-4-5-3-1;/h19-24H,1-18H3;6*1-4H2;/t31-,32+;;;;;;;. The van der Waals surface area contributed by atoms with Crippen molar-refractivity contribution in [3.05, 3.63) is 0 Å². The Labute approximate surface area is 439 Å². The molecule has 15 heteroatoms. The average Bonchev–Trinajstić information content (AvgIpc) is 4.06. The molecule has 6 rings (SSSR count). The van der Waals surface area contributed by atoms with E-state index < -0.39 is 44.3 Å². The van der Waals surface area contributed by atoms with Crippen molar-refractivity contribution in [2.45, 2.75) is 233 Å². The van der Waals surface area contributed by atoms with E-state index in [1.807, 2.05) is 0 Å². The number of ether oxygens (including phenoxy) is 6. The zero-order valence-corrected chi connectivity index (χ0v) is 54.8. The molecule has 1 radical (unpaired) electrons. The van der Waals surface area contributed by atoms with Crippen LogP contribution < -0.4 is 0 Å². The first-order valence-corrected chi connectivity index (χ1v) is 46.0. The first-order valence-electron chi connectivity index (χ1n) is 25.8. The molecule has 63 heavy (non-hydrogen) atoms. The van der Waals surface area contributed by atoms with Crippen LogP contribution in [-0.2, 0) is 28.4 Å². The maximum atomic E-state index is 19.5. The maximum Gasteiger partial charge on any atom is 0.240 e. The van der Waals surface area contributed by atoms with Gasteiger partial charge < -0.3 is 36.6 Å². The van der Waals surface area contributed by atoms with Gasteiger partial charge in [0.2, 0.25) is 13.9 Å². The SMILES string of the molecule is C1CCOC1.C1CCOC1.C1CCOC1.C1CCOC1.C1CCOC1.C1CCOC1.CC(C)[Si](C(C)C)(C(C)C)[Si@](F)([Si](C)(C)C)[Si@](F)([Si](C)(C)C)[Si](C(C)C)(C(C)C)C(C)C.[K]. The molecule has 375 valence electrons. The van der Waals surface area contributed by atoms with Crippen LogP contribution in [0.1, 0.15) is 160 Å². The topological polar surface area (TPSA) is 55.4 Å². The van der Waals surface area contributed by atoms with E-state index in [0.29, 0.717) is 33.2 Å². The van der Waals surface area contributed by atoms with Crippen molar-refractivity contribution in [3.63, 3.8) is 0 Å². The molecule has 0 unspecified atom stereocenters. The van der Waals surface area contributed by atoms with Gasteiger partial charge in [0.15, 0.2) is 0 Å². The van der Waals surface area contributed by atoms with Gasteiger partial charge in [-0.3, -0.25) is 0 Å². The van der Waals surface area contributed by atoms with Crippen LogP contribution in [0.15, 0.2) is 0 Å². The molecule has 0 aromatic heterocycles. The molecule has 0 aromatic rings. The number of halogens is 2. The van der Waals surface area contributed by atoms with Crippen molar-refractivity contribution in [1.29, 1.82) is 0 Å². The second-order valence-corrected chi connectivity index (χ2v) is 80.4. The van der Waals surface area contributed by atoms with E-state index >= 15 is 8.22 Å². The summed E-state index contributed by atoms with van der Waals surface area (Å²) in [4.78, 5) is 0. The van der Waals surface area contributed by atoms with Gasteiger partial charge in [-0.1, -0.05) is 156 Å². The molecule has 6 aliphatic heterocycles. The van der Waals surface area contributed by atoms with Gasteiger partial charge in [-0.15, -0.1) is 0 Å². The first-order chi connectivity index (χ1) is 28.9.